The molecule has 2 heterocycles. The molecule has 0 bridgehead atoms. The van der Waals surface area contributed by atoms with Crippen molar-refractivity contribution in [1.82, 2.24) is 0 Å². The minimum Gasteiger partial charge on any atom is -0.399 e. The predicted molar refractivity (Wildman–Crippen MR) is 88.7 cm³/mol. The highest BCUT2D eigenvalue weighted by Gasteiger charge is 2.51. The average molecular weight is 334 g/mol. The molecule has 128 valence electrons. The van der Waals surface area contributed by atoms with Gasteiger partial charge in [0.25, 0.3) is 5.92 Å². The third-order valence-corrected chi connectivity index (χ3v) is 5.18. The Hall–Kier alpha value is -1.65. The Labute approximate surface area is 141 Å². The van der Waals surface area contributed by atoms with Crippen LogP contribution >= 0.6 is 0 Å². The summed E-state index contributed by atoms with van der Waals surface area (Å²) in [5.41, 5.74) is 0.676. The van der Waals surface area contributed by atoms with E-state index >= 15 is 0 Å². The average Bonchev–Trinajstić information content (AvgIpc) is 2.94. The van der Waals surface area contributed by atoms with E-state index in [9.17, 15) is 14.0 Å². The Balaban J connectivity index is 1.88. The fourth-order valence-corrected chi connectivity index (χ4v) is 2.99. The van der Waals surface area contributed by atoms with Gasteiger partial charge < -0.3 is 14.2 Å². The first-order chi connectivity index (χ1) is 11.0. The molecule has 2 aliphatic heterocycles. The molecule has 0 radical (unpaired) electrons. The summed E-state index contributed by atoms with van der Waals surface area (Å²) in [6.07, 6.45) is -0.184. The Bertz CT molecular complexity index is 684. The fourth-order valence-electron chi connectivity index (χ4n) is 2.99. The van der Waals surface area contributed by atoms with Gasteiger partial charge in [0.15, 0.2) is 0 Å². The third-order valence-electron chi connectivity index (χ3n) is 5.18. The van der Waals surface area contributed by atoms with Crippen molar-refractivity contribution in [2.24, 2.45) is 0 Å². The van der Waals surface area contributed by atoms with E-state index in [1.165, 1.54) is 0 Å². The lowest BCUT2D eigenvalue weighted by Crippen LogP contribution is -2.41. The van der Waals surface area contributed by atoms with Gasteiger partial charge in [0.2, 0.25) is 0 Å². The maximum atomic E-state index is 13.4. The van der Waals surface area contributed by atoms with Crippen molar-refractivity contribution in [3.05, 3.63) is 23.8 Å². The molecule has 3 rings (SSSR count). The molecule has 2 saturated heterocycles. The first-order valence-electron chi connectivity index (χ1n) is 8.07. The molecule has 2 fully saturated rings. The first kappa shape index (κ1) is 17.2. The van der Waals surface area contributed by atoms with Crippen molar-refractivity contribution < 1.29 is 18.1 Å². The van der Waals surface area contributed by atoms with Crippen molar-refractivity contribution in [2.45, 2.75) is 51.2 Å². The summed E-state index contributed by atoms with van der Waals surface area (Å²) in [5, 5.41) is 9.44. The van der Waals surface area contributed by atoms with Crippen molar-refractivity contribution in [2.75, 3.05) is 18.0 Å². The van der Waals surface area contributed by atoms with Gasteiger partial charge in [0.1, 0.15) is 6.07 Å². The van der Waals surface area contributed by atoms with Crippen LogP contribution in [0.15, 0.2) is 18.2 Å². The largest absolute Gasteiger partial charge is 0.494 e. The van der Waals surface area contributed by atoms with Gasteiger partial charge in [-0.3, -0.25) is 0 Å². The number of rotatable bonds is 2. The summed E-state index contributed by atoms with van der Waals surface area (Å²) in [6.45, 7) is 7.73. The molecule has 0 unspecified atom stereocenters. The minimum atomic E-state index is -2.70. The SMILES string of the molecule is CC1(C)OB(c2ccc(N3CCC(F)(F)C3)c(C#N)c2)OC1(C)C. The van der Waals surface area contributed by atoms with Gasteiger partial charge in [-0.05, 0) is 45.3 Å². The third kappa shape index (κ3) is 2.89. The van der Waals surface area contributed by atoms with Gasteiger partial charge in [-0.25, -0.2) is 8.78 Å². The van der Waals surface area contributed by atoms with Crippen LogP contribution in [0, 0.1) is 11.3 Å². The second kappa shape index (κ2) is 5.43. The van der Waals surface area contributed by atoms with E-state index in [0.717, 1.165) is 5.46 Å². The minimum absolute atomic E-state index is 0.184. The highest BCUT2D eigenvalue weighted by Crippen LogP contribution is 2.37. The molecule has 1 aromatic rings. The quantitative estimate of drug-likeness (QED) is 0.780. The van der Waals surface area contributed by atoms with Crippen molar-refractivity contribution in [3.8, 4) is 6.07 Å². The number of nitrogens with zero attached hydrogens (tertiary/aromatic N) is 2. The summed E-state index contributed by atoms with van der Waals surface area (Å²) in [7, 11) is -0.573. The molecule has 7 heteroatoms. The number of anilines is 1. The van der Waals surface area contributed by atoms with Crippen LogP contribution in [0.2, 0.25) is 0 Å². The van der Waals surface area contributed by atoms with E-state index in [-0.39, 0.29) is 19.5 Å². The molecule has 0 atom stereocenters. The van der Waals surface area contributed by atoms with Crippen LogP contribution in [0.1, 0.15) is 39.7 Å². The monoisotopic (exact) mass is 334 g/mol. The molecule has 0 aromatic heterocycles. The second-order valence-corrected chi connectivity index (χ2v) is 7.50. The Morgan fingerprint density at radius 3 is 2.29 bits per heavy atom. The molecule has 0 aliphatic carbocycles. The molecule has 0 amide bonds. The van der Waals surface area contributed by atoms with Gasteiger partial charge >= 0.3 is 7.12 Å². The molecule has 0 saturated carbocycles. The van der Waals surface area contributed by atoms with E-state index in [1.54, 1.807) is 23.1 Å². The lowest BCUT2D eigenvalue weighted by atomic mass is 9.78. The summed E-state index contributed by atoms with van der Waals surface area (Å²) in [5.74, 6) is -2.70. The topological polar surface area (TPSA) is 45.5 Å². The van der Waals surface area contributed by atoms with Crippen molar-refractivity contribution >= 4 is 18.3 Å². The van der Waals surface area contributed by atoms with Crippen LogP contribution in [-0.2, 0) is 9.31 Å². The molecule has 4 nitrogen and oxygen atoms in total. The Morgan fingerprint density at radius 2 is 1.79 bits per heavy atom. The van der Waals surface area contributed by atoms with Gasteiger partial charge in [0.05, 0.1) is 29.0 Å². The maximum Gasteiger partial charge on any atom is 0.494 e. The number of halogens is 2. The van der Waals surface area contributed by atoms with Gasteiger partial charge in [-0.15, -0.1) is 0 Å². The predicted octanol–water partition coefficient (Wildman–Crippen LogP) is 2.70. The highest BCUT2D eigenvalue weighted by molar-refractivity contribution is 6.62. The molecular weight excluding hydrogens is 313 g/mol. The van der Waals surface area contributed by atoms with Crippen LogP contribution in [0.3, 0.4) is 0 Å². The zero-order valence-corrected chi connectivity index (χ0v) is 14.4. The molecule has 2 aliphatic rings. The fraction of sp³-hybridized carbons (Fsp3) is 0.588. The summed E-state index contributed by atoms with van der Waals surface area (Å²) in [4.78, 5) is 1.56. The van der Waals surface area contributed by atoms with Crippen molar-refractivity contribution in [1.29, 1.82) is 5.26 Å². The Morgan fingerprint density at radius 1 is 1.17 bits per heavy atom. The molecule has 0 spiro atoms. The standard InChI is InChI=1S/C17H21BF2N2O2/c1-15(2)16(3,4)24-18(23-15)13-5-6-14(12(9-13)10-21)22-8-7-17(19,20)11-22/h5-6,9H,7-8,11H2,1-4H3. The summed E-state index contributed by atoms with van der Waals surface area (Å²) >= 11 is 0. The molecule has 1 aromatic carbocycles. The molecule has 24 heavy (non-hydrogen) atoms. The maximum absolute atomic E-state index is 13.4. The van der Waals surface area contributed by atoms with Crippen LogP contribution in [0.4, 0.5) is 14.5 Å². The van der Waals surface area contributed by atoms with Gasteiger partial charge in [-0.1, -0.05) is 6.07 Å². The van der Waals surface area contributed by atoms with E-state index in [0.29, 0.717) is 11.3 Å². The highest BCUT2D eigenvalue weighted by atomic mass is 19.3. The van der Waals surface area contributed by atoms with Crippen LogP contribution in [0.5, 0.6) is 0 Å². The number of hydrogen-bond donors (Lipinski definition) is 0. The summed E-state index contributed by atoms with van der Waals surface area (Å²) < 4.78 is 38.9. The van der Waals surface area contributed by atoms with Crippen molar-refractivity contribution in [3.63, 3.8) is 0 Å². The lowest BCUT2D eigenvalue weighted by Gasteiger charge is -2.32. The Kier molecular flexibility index (Phi) is 3.89. The van der Waals surface area contributed by atoms with E-state index < -0.39 is 24.2 Å². The van der Waals surface area contributed by atoms with Gasteiger partial charge in [-0.2, -0.15) is 5.26 Å². The smallest absolute Gasteiger partial charge is 0.399 e. The zero-order valence-electron chi connectivity index (χ0n) is 14.4. The number of hydrogen-bond acceptors (Lipinski definition) is 4. The second-order valence-electron chi connectivity index (χ2n) is 7.50. The van der Waals surface area contributed by atoms with Gasteiger partial charge in [0, 0.05) is 13.0 Å². The van der Waals surface area contributed by atoms with E-state index in [1.807, 2.05) is 27.7 Å². The zero-order chi connectivity index (χ0) is 17.8. The normalized spacial score (nSPS) is 24.2. The van der Waals surface area contributed by atoms with Crippen LogP contribution < -0.4 is 10.4 Å². The molecule has 0 N–H and O–H groups in total. The van der Waals surface area contributed by atoms with E-state index in [2.05, 4.69) is 6.07 Å². The number of nitriles is 1. The molecular formula is C17H21BF2N2O2. The van der Waals surface area contributed by atoms with Crippen LogP contribution in [0.25, 0.3) is 0 Å². The lowest BCUT2D eigenvalue weighted by molar-refractivity contribution is 0.00578. The number of alkyl halides is 2. The number of benzene rings is 1. The van der Waals surface area contributed by atoms with Crippen LogP contribution in [-0.4, -0.2) is 37.3 Å². The van der Waals surface area contributed by atoms with E-state index in [4.69, 9.17) is 9.31 Å². The summed E-state index contributed by atoms with van der Waals surface area (Å²) in [6, 6.07) is 7.28. The first-order valence-corrected chi connectivity index (χ1v) is 8.07.